The normalized spacial score (nSPS) is 21.1. The third kappa shape index (κ3) is 3.26. The molecule has 6 heteroatoms. The molecule has 0 bridgehead atoms. The number of carboxylic acid groups (broad SMARTS) is 1. The summed E-state index contributed by atoms with van der Waals surface area (Å²) in [6, 6.07) is 0.0776. The topological polar surface area (TPSA) is 66.6 Å². The standard InChI is InChI=1S/C12H18N2O3S/c1-8-9(2)17-11(13-8)6-14-3-4-18-7-10(14)5-12(15)16/h10H,3-7H2,1-2H3,(H,15,16). The highest BCUT2D eigenvalue weighted by molar-refractivity contribution is 7.99. The summed E-state index contributed by atoms with van der Waals surface area (Å²) in [5.74, 6) is 2.69. The lowest BCUT2D eigenvalue weighted by atomic mass is 10.2. The van der Waals surface area contributed by atoms with Gasteiger partial charge in [0.1, 0.15) is 5.76 Å². The number of oxazole rings is 1. The molecule has 18 heavy (non-hydrogen) atoms. The average molecular weight is 270 g/mol. The number of rotatable bonds is 4. The van der Waals surface area contributed by atoms with Crippen LogP contribution < -0.4 is 0 Å². The zero-order valence-corrected chi connectivity index (χ0v) is 11.5. The molecular weight excluding hydrogens is 252 g/mol. The van der Waals surface area contributed by atoms with Crippen LogP contribution in [0.2, 0.25) is 0 Å². The quantitative estimate of drug-likeness (QED) is 0.898. The van der Waals surface area contributed by atoms with Crippen molar-refractivity contribution in [1.82, 2.24) is 9.88 Å². The molecule has 1 aromatic rings. The second kappa shape index (κ2) is 5.75. The fourth-order valence-corrected chi connectivity index (χ4v) is 3.20. The Balaban J connectivity index is 2.02. The van der Waals surface area contributed by atoms with Crippen molar-refractivity contribution in [3.05, 3.63) is 17.3 Å². The van der Waals surface area contributed by atoms with Gasteiger partial charge in [0.05, 0.1) is 18.7 Å². The maximum Gasteiger partial charge on any atom is 0.304 e. The van der Waals surface area contributed by atoms with Crippen LogP contribution in [0.3, 0.4) is 0 Å². The number of carbonyl (C=O) groups is 1. The fourth-order valence-electron chi connectivity index (χ4n) is 2.07. The lowest BCUT2D eigenvalue weighted by Gasteiger charge is -2.33. The molecule has 0 aliphatic carbocycles. The molecule has 1 saturated heterocycles. The largest absolute Gasteiger partial charge is 0.481 e. The van der Waals surface area contributed by atoms with E-state index in [4.69, 9.17) is 9.52 Å². The molecule has 1 aliphatic heterocycles. The molecule has 0 spiro atoms. The van der Waals surface area contributed by atoms with Crippen molar-refractivity contribution in [3.8, 4) is 0 Å². The van der Waals surface area contributed by atoms with E-state index in [-0.39, 0.29) is 12.5 Å². The van der Waals surface area contributed by atoms with Crippen LogP contribution in [0.5, 0.6) is 0 Å². The van der Waals surface area contributed by atoms with Gasteiger partial charge in [-0.25, -0.2) is 4.98 Å². The van der Waals surface area contributed by atoms with Gasteiger partial charge in [-0.3, -0.25) is 9.69 Å². The summed E-state index contributed by atoms with van der Waals surface area (Å²) >= 11 is 1.81. The zero-order valence-electron chi connectivity index (χ0n) is 10.7. The van der Waals surface area contributed by atoms with E-state index in [0.29, 0.717) is 12.4 Å². The van der Waals surface area contributed by atoms with Crippen LogP contribution in [-0.2, 0) is 11.3 Å². The Morgan fingerprint density at radius 3 is 3.00 bits per heavy atom. The number of hydrogen-bond donors (Lipinski definition) is 1. The molecule has 1 aromatic heterocycles. The Hall–Kier alpha value is -1.01. The molecule has 1 atom stereocenters. The molecule has 1 N–H and O–H groups in total. The second-order valence-corrected chi connectivity index (χ2v) is 5.70. The SMILES string of the molecule is Cc1nc(CN2CCSCC2CC(=O)O)oc1C. The summed E-state index contributed by atoms with van der Waals surface area (Å²) in [4.78, 5) is 17.4. The van der Waals surface area contributed by atoms with Gasteiger partial charge < -0.3 is 9.52 Å². The van der Waals surface area contributed by atoms with E-state index in [2.05, 4.69) is 9.88 Å². The van der Waals surface area contributed by atoms with E-state index in [1.54, 1.807) is 0 Å². The van der Waals surface area contributed by atoms with Crippen molar-refractivity contribution in [3.63, 3.8) is 0 Å². The van der Waals surface area contributed by atoms with Crippen LogP contribution in [0.25, 0.3) is 0 Å². The lowest BCUT2D eigenvalue weighted by molar-refractivity contribution is -0.138. The van der Waals surface area contributed by atoms with Crippen molar-refractivity contribution in [2.45, 2.75) is 32.9 Å². The summed E-state index contributed by atoms with van der Waals surface area (Å²) in [5, 5.41) is 8.92. The number of aryl methyl sites for hydroxylation is 2. The van der Waals surface area contributed by atoms with E-state index >= 15 is 0 Å². The zero-order chi connectivity index (χ0) is 13.1. The first-order chi connectivity index (χ1) is 8.56. The molecule has 0 amide bonds. The number of thioether (sulfide) groups is 1. The van der Waals surface area contributed by atoms with Crippen LogP contribution in [0, 0.1) is 13.8 Å². The first-order valence-corrected chi connectivity index (χ1v) is 7.18. The number of aliphatic carboxylic acids is 1. The molecule has 1 unspecified atom stereocenters. The first kappa shape index (κ1) is 13.4. The third-order valence-electron chi connectivity index (χ3n) is 3.17. The predicted octanol–water partition coefficient (Wildman–Crippen LogP) is 1.68. The highest BCUT2D eigenvalue weighted by Gasteiger charge is 2.26. The minimum Gasteiger partial charge on any atom is -0.481 e. The van der Waals surface area contributed by atoms with Gasteiger partial charge in [0.2, 0.25) is 5.89 Å². The summed E-state index contributed by atoms with van der Waals surface area (Å²) in [7, 11) is 0. The highest BCUT2D eigenvalue weighted by Crippen LogP contribution is 2.21. The monoisotopic (exact) mass is 270 g/mol. The molecule has 0 aromatic carbocycles. The van der Waals surface area contributed by atoms with Gasteiger partial charge in [0.15, 0.2) is 0 Å². The van der Waals surface area contributed by atoms with Crippen LogP contribution in [0.15, 0.2) is 4.42 Å². The number of hydrogen-bond acceptors (Lipinski definition) is 5. The van der Waals surface area contributed by atoms with Crippen molar-refractivity contribution in [1.29, 1.82) is 0 Å². The van der Waals surface area contributed by atoms with Gasteiger partial charge in [0.25, 0.3) is 0 Å². The highest BCUT2D eigenvalue weighted by atomic mass is 32.2. The lowest BCUT2D eigenvalue weighted by Crippen LogP contribution is -2.43. The number of carboxylic acids is 1. The molecule has 1 fully saturated rings. The first-order valence-electron chi connectivity index (χ1n) is 6.02. The molecule has 0 saturated carbocycles. The summed E-state index contributed by atoms with van der Waals surface area (Å²) in [6.45, 7) is 5.31. The van der Waals surface area contributed by atoms with E-state index in [0.717, 1.165) is 29.5 Å². The maximum absolute atomic E-state index is 10.8. The fraction of sp³-hybridized carbons (Fsp3) is 0.667. The van der Waals surface area contributed by atoms with Crippen molar-refractivity contribution in [2.75, 3.05) is 18.1 Å². The minimum absolute atomic E-state index is 0.0776. The molecule has 2 rings (SSSR count). The Morgan fingerprint density at radius 1 is 1.61 bits per heavy atom. The molecule has 100 valence electrons. The van der Waals surface area contributed by atoms with Gasteiger partial charge in [0, 0.05) is 24.1 Å². The predicted molar refractivity (Wildman–Crippen MR) is 69.8 cm³/mol. The maximum atomic E-state index is 10.8. The van der Waals surface area contributed by atoms with Gasteiger partial charge in [-0.2, -0.15) is 11.8 Å². The molecular formula is C12H18N2O3S. The number of aromatic nitrogens is 1. The Morgan fingerprint density at radius 2 is 2.39 bits per heavy atom. The van der Waals surface area contributed by atoms with Crippen molar-refractivity contribution < 1.29 is 14.3 Å². The van der Waals surface area contributed by atoms with Gasteiger partial charge in [-0.1, -0.05) is 0 Å². The molecule has 2 heterocycles. The summed E-state index contributed by atoms with van der Waals surface area (Å²) in [5.41, 5.74) is 0.908. The molecule has 0 radical (unpaired) electrons. The van der Waals surface area contributed by atoms with Crippen LogP contribution in [0.4, 0.5) is 0 Å². The van der Waals surface area contributed by atoms with Gasteiger partial charge in [-0.15, -0.1) is 0 Å². The van der Waals surface area contributed by atoms with E-state index in [1.165, 1.54) is 0 Å². The van der Waals surface area contributed by atoms with Gasteiger partial charge in [-0.05, 0) is 13.8 Å². The minimum atomic E-state index is -0.743. The molecule has 5 nitrogen and oxygen atoms in total. The van der Waals surface area contributed by atoms with E-state index in [9.17, 15) is 4.79 Å². The van der Waals surface area contributed by atoms with Crippen molar-refractivity contribution in [2.24, 2.45) is 0 Å². The van der Waals surface area contributed by atoms with Gasteiger partial charge >= 0.3 is 5.97 Å². The van der Waals surface area contributed by atoms with Crippen molar-refractivity contribution >= 4 is 17.7 Å². The van der Waals surface area contributed by atoms with E-state index in [1.807, 2.05) is 25.6 Å². The van der Waals surface area contributed by atoms with E-state index < -0.39 is 5.97 Å². The van der Waals surface area contributed by atoms with Crippen LogP contribution in [-0.4, -0.2) is 45.1 Å². The number of nitrogens with zero attached hydrogens (tertiary/aromatic N) is 2. The van der Waals surface area contributed by atoms with Crippen LogP contribution in [0.1, 0.15) is 23.8 Å². The molecule has 1 aliphatic rings. The Labute approximate surface area is 111 Å². The Kier molecular flexibility index (Phi) is 4.29. The summed E-state index contributed by atoms with van der Waals surface area (Å²) < 4.78 is 5.56. The summed E-state index contributed by atoms with van der Waals surface area (Å²) in [6.07, 6.45) is 0.186. The average Bonchev–Trinajstić information content (AvgIpc) is 2.60. The third-order valence-corrected chi connectivity index (χ3v) is 4.26. The van der Waals surface area contributed by atoms with Crippen LogP contribution >= 0.6 is 11.8 Å². The Bertz CT molecular complexity index is 413. The second-order valence-electron chi connectivity index (χ2n) is 4.55. The smallest absolute Gasteiger partial charge is 0.304 e.